The van der Waals surface area contributed by atoms with Crippen LogP contribution in [0, 0.1) is 0 Å². The van der Waals surface area contributed by atoms with Gasteiger partial charge in [0, 0.05) is 19.0 Å². The van der Waals surface area contributed by atoms with E-state index in [4.69, 9.17) is 10.5 Å². The Morgan fingerprint density at radius 2 is 2.58 bits per heavy atom. The van der Waals surface area contributed by atoms with Crippen LogP contribution >= 0.6 is 0 Å². The van der Waals surface area contributed by atoms with Crippen molar-refractivity contribution >= 4 is 0 Å². The summed E-state index contributed by atoms with van der Waals surface area (Å²) in [5.41, 5.74) is 5.72. The Bertz CT molecular complexity index is 239. The van der Waals surface area contributed by atoms with Gasteiger partial charge >= 0.3 is 0 Å². The van der Waals surface area contributed by atoms with Crippen molar-refractivity contribution in [2.45, 2.75) is 18.4 Å². The molecule has 1 aliphatic rings. The van der Waals surface area contributed by atoms with Gasteiger partial charge in [-0.2, -0.15) is 0 Å². The minimum absolute atomic E-state index is 0.387. The normalized spacial score (nSPS) is 30.4. The van der Waals surface area contributed by atoms with Crippen LogP contribution in [0.25, 0.3) is 0 Å². The van der Waals surface area contributed by atoms with Gasteiger partial charge in [-0.25, -0.2) is 4.98 Å². The zero-order valence-corrected chi connectivity index (χ0v) is 6.92. The topological polar surface area (TPSA) is 63.9 Å². The standard InChI is InChI=1S/C8H13N3O/c9-8(2-1-5-12-6-8)7-10-3-4-11-7/h3-4H,1-2,5-6,9H2,(H,10,11). The number of imidazole rings is 1. The highest BCUT2D eigenvalue weighted by Gasteiger charge is 2.32. The first kappa shape index (κ1) is 7.76. The molecule has 1 aromatic rings. The third-order valence-corrected chi connectivity index (χ3v) is 2.24. The van der Waals surface area contributed by atoms with Gasteiger partial charge in [0.15, 0.2) is 0 Å². The number of aromatic nitrogens is 2. The SMILES string of the molecule is NC1(c2ncc[nH]2)CCCOC1. The van der Waals surface area contributed by atoms with Crippen LogP contribution in [0.15, 0.2) is 12.4 Å². The van der Waals surface area contributed by atoms with E-state index in [9.17, 15) is 0 Å². The molecule has 1 atom stereocenters. The summed E-state index contributed by atoms with van der Waals surface area (Å²) in [6.07, 6.45) is 5.47. The second-order valence-electron chi connectivity index (χ2n) is 3.25. The van der Waals surface area contributed by atoms with Crippen LogP contribution in [0.4, 0.5) is 0 Å². The lowest BCUT2D eigenvalue weighted by Gasteiger charge is -2.31. The number of nitrogens with zero attached hydrogens (tertiary/aromatic N) is 1. The number of rotatable bonds is 1. The largest absolute Gasteiger partial charge is 0.379 e. The molecule has 1 aromatic heterocycles. The maximum absolute atomic E-state index is 6.11. The Morgan fingerprint density at radius 1 is 1.67 bits per heavy atom. The van der Waals surface area contributed by atoms with E-state index in [-0.39, 0.29) is 5.54 Å². The van der Waals surface area contributed by atoms with Gasteiger partial charge in [-0.3, -0.25) is 0 Å². The highest BCUT2D eigenvalue weighted by atomic mass is 16.5. The van der Waals surface area contributed by atoms with Crippen molar-refractivity contribution in [3.05, 3.63) is 18.2 Å². The fourth-order valence-corrected chi connectivity index (χ4v) is 1.54. The lowest BCUT2D eigenvalue weighted by atomic mass is 9.93. The molecule has 1 saturated heterocycles. The fourth-order valence-electron chi connectivity index (χ4n) is 1.54. The van der Waals surface area contributed by atoms with E-state index in [1.807, 2.05) is 0 Å². The van der Waals surface area contributed by atoms with Crippen LogP contribution in [-0.2, 0) is 10.3 Å². The summed E-state index contributed by atoms with van der Waals surface area (Å²) >= 11 is 0. The maximum Gasteiger partial charge on any atom is 0.128 e. The van der Waals surface area contributed by atoms with Crippen molar-refractivity contribution in [3.63, 3.8) is 0 Å². The Morgan fingerprint density at radius 3 is 3.17 bits per heavy atom. The molecule has 1 aliphatic heterocycles. The minimum Gasteiger partial charge on any atom is -0.379 e. The summed E-state index contributed by atoms with van der Waals surface area (Å²) in [7, 11) is 0. The molecule has 0 spiro atoms. The van der Waals surface area contributed by atoms with Crippen LogP contribution in [0.3, 0.4) is 0 Å². The first-order valence-corrected chi connectivity index (χ1v) is 4.18. The molecule has 4 heteroatoms. The van der Waals surface area contributed by atoms with Crippen molar-refractivity contribution in [2.75, 3.05) is 13.2 Å². The van der Waals surface area contributed by atoms with Gasteiger partial charge < -0.3 is 15.5 Å². The van der Waals surface area contributed by atoms with E-state index in [1.54, 1.807) is 12.4 Å². The summed E-state index contributed by atoms with van der Waals surface area (Å²) in [4.78, 5) is 7.18. The summed E-state index contributed by atoms with van der Waals surface area (Å²) in [6.45, 7) is 1.39. The second kappa shape index (κ2) is 2.88. The van der Waals surface area contributed by atoms with Gasteiger partial charge in [0.05, 0.1) is 12.1 Å². The summed E-state index contributed by atoms with van der Waals surface area (Å²) in [5, 5.41) is 0. The lowest BCUT2D eigenvalue weighted by Crippen LogP contribution is -2.45. The van der Waals surface area contributed by atoms with E-state index in [1.165, 1.54) is 0 Å². The Balaban J connectivity index is 2.19. The van der Waals surface area contributed by atoms with Crippen LogP contribution in [0.5, 0.6) is 0 Å². The van der Waals surface area contributed by atoms with Gasteiger partial charge in [0.2, 0.25) is 0 Å². The van der Waals surface area contributed by atoms with Crippen molar-refractivity contribution in [1.82, 2.24) is 9.97 Å². The Kier molecular flexibility index (Phi) is 1.86. The molecule has 1 fully saturated rings. The molecule has 12 heavy (non-hydrogen) atoms. The minimum atomic E-state index is -0.387. The third kappa shape index (κ3) is 1.23. The predicted molar refractivity (Wildman–Crippen MR) is 44.5 cm³/mol. The smallest absolute Gasteiger partial charge is 0.128 e. The number of hydrogen-bond donors (Lipinski definition) is 2. The van der Waals surface area contributed by atoms with Crippen molar-refractivity contribution in [1.29, 1.82) is 0 Å². The molecule has 0 amide bonds. The number of nitrogens with one attached hydrogen (secondary N) is 1. The van der Waals surface area contributed by atoms with Gasteiger partial charge in [0.1, 0.15) is 5.82 Å². The van der Waals surface area contributed by atoms with E-state index < -0.39 is 0 Å². The first-order valence-electron chi connectivity index (χ1n) is 4.18. The molecule has 0 radical (unpaired) electrons. The van der Waals surface area contributed by atoms with E-state index in [0.717, 1.165) is 25.3 Å². The van der Waals surface area contributed by atoms with Crippen LogP contribution in [0.1, 0.15) is 18.7 Å². The highest BCUT2D eigenvalue weighted by molar-refractivity contribution is 5.06. The third-order valence-electron chi connectivity index (χ3n) is 2.24. The molecular formula is C8H13N3O. The lowest BCUT2D eigenvalue weighted by molar-refractivity contribution is 0.0333. The first-order chi connectivity index (χ1) is 5.81. The van der Waals surface area contributed by atoms with E-state index in [2.05, 4.69) is 9.97 Å². The van der Waals surface area contributed by atoms with Crippen LogP contribution in [-0.4, -0.2) is 23.2 Å². The molecule has 0 aromatic carbocycles. The van der Waals surface area contributed by atoms with Crippen molar-refractivity contribution in [3.8, 4) is 0 Å². The van der Waals surface area contributed by atoms with Crippen LogP contribution < -0.4 is 5.73 Å². The zero-order valence-electron chi connectivity index (χ0n) is 6.92. The van der Waals surface area contributed by atoms with Gasteiger partial charge in [0.25, 0.3) is 0 Å². The molecule has 4 nitrogen and oxygen atoms in total. The molecule has 2 heterocycles. The Hall–Kier alpha value is -0.870. The van der Waals surface area contributed by atoms with Crippen molar-refractivity contribution < 1.29 is 4.74 Å². The van der Waals surface area contributed by atoms with Gasteiger partial charge in [-0.05, 0) is 12.8 Å². The number of H-pyrrole nitrogens is 1. The number of aromatic amines is 1. The van der Waals surface area contributed by atoms with Crippen molar-refractivity contribution in [2.24, 2.45) is 5.73 Å². The molecule has 0 bridgehead atoms. The maximum atomic E-state index is 6.11. The van der Waals surface area contributed by atoms with Gasteiger partial charge in [-0.1, -0.05) is 0 Å². The zero-order chi connectivity index (χ0) is 8.44. The van der Waals surface area contributed by atoms with E-state index >= 15 is 0 Å². The monoisotopic (exact) mass is 167 g/mol. The molecule has 0 saturated carbocycles. The summed E-state index contributed by atoms with van der Waals surface area (Å²) in [5.74, 6) is 0.835. The molecule has 2 rings (SSSR count). The summed E-state index contributed by atoms with van der Waals surface area (Å²) in [6, 6.07) is 0. The molecular weight excluding hydrogens is 154 g/mol. The number of hydrogen-bond acceptors (Lipinski definition) is 3. The van der Waals surface area contributed by atoms with Crippen LogP contribution in [0.2, 0.25) is 0 Å². The average molecular weight is 167 g/mol. The predicted octanol–water partition coefficient (Wildman–Crippen LogP) is 0.374. The highest BCUT2D eigenvalue weighted by Crippen LogP contribution is 2.24. The number of ether oxygens (including phenoxy) is 1. The number of nitrogens with two attached hydrogens (primary N) is 1. The van der Waals surface area contributed by atoms with E-state index in [0.29, 0.717) is 6.61 Å². The fraction of sp³-hybridized carbons (Fsp3) is 0.625. The quantitative estimate of drug-likeness (QED) is 0.635. The van der Waals surface area contributed by atoms with Gasteiger partial charge in [-0.15, -0.1) is 0 Å². The molecule has 0 aliphatic carbocycles. The molecule has 3 N–H and O–H groups in total. The Labute approximate surface area is 71.1 Å². The average Bonchev–Trinajstić information content (AvgIpc) is 2.58. The molecule has 66 valence electrons. The molecule has 1 unspecified atom stereocenters. The second-order valence-corrected chi connectivity index (χ2v) is 3.25. The summed E-state index contributed by atoms with van der Waals surface area (Å²) < 4.78 is 5.32.